The molecule has 0 aromatic rings. The molecule has 2 aliphatic heterocycles. The van der Waals surface area contributed by atoms with Crippen LogP contribution in [0.1, 0.15) is 12.8 Å². The normalized spacial score (nSPS) is 34.0. The molecule has 0 aromatic carbocycles. The molecule has 0 spiro atoms. The molecule has 0 saturated carbocycles. The first-order valence-electron chi connectivity index (χ1n) is 4.96. The number of amides is 1. The van der Waals surface area contributed by atoms with Gasteiger partial charge in [0.2, 0.25) is 0 Å². The third kappa shape index (κ3) is 1.77. The quantitative estimate of drug-likeness (QED) is 0.579. The highest BCUT2D eigenvalue weighted by Crippen LogP contribution is 2.29. The van der Waals surface area contributed by atoms with Gasteiger partial charge in [0.15, 0.2) is 0 Å². The van der Waals surface area contributed by atoms with Crippen LogP contribution >= 0.6 is 0 Å². The summed E-state index contributed by atoms with van der Waals surface area (Å²) in [5, 5.41) is 12.2. The first-order valence-corrected chi connectivity index (χ1v) is 4.96. The van der Waals surface area contributed by atoms with Crippen LogP contribution in [0.2, 0.25) is 0 Å². The number of fused-ring (bicyclic) bond motifs is 1. The molecule has 0 unspecified atom stereocenters. The lowest BCUT2D eigenvalue weighted by atomic mass is 9.92. The molecular formula is C9H16N2O2. The number of hydrogen-bond acceptors (Lipinski definition) is 2. The second-order valence-electron chi connectivity index (χ2n) is 4.04. The van der Waals surface area contributed by atoms with Crippen molar-refractivity contribution in [3.63, 3.8) is 0 Å². The van der Waals surface area contributed by atoms with Gasteiger partial charge in [0.25, 0.3) is 0 Å². The number of rotatable bonds is 0. The van der Waals surface area contributed by atoms with Gasteiger partial charge in [-0.2, -0.15) is 0 Å². The molecular weight excluding hydrogens is 168 g/mol. The number of hydrogen-bond donors (Lipinski definition) is 2. The fraction of sp³-hybridized carbons (Fsp3) is 0.889. The lowest BCUT2D eigenvalue weighted by Gasteiger charge is -2.11. The number of nitrogens with one attached hydrogen (secondary N) is 1. The standard InChI is InChI=1S/C9H16N2O2/c12-9(13)11-5-7-1-3-10-4-2-8(7)6-11/h7-8,10H,1-6H2,(H,12,13)/t7-,8+. The van der Waals surface area contributed by atoms with Gasteiger partial charge >= 0.3 is 6.09 Å². The summed E-state index contributed by atoms with van der Waals surface area (Å²) in [5.41, 5.74) is 0. The highest BCUT2D eigenvalue weighted by atomic mass is 16.4. The van der Waals surface area contributed by atoms with E-state index in [2.05, 4.69) is 5.32 Å². The van der Waals surface area contributed by atoms with E-state index in [1.54, 1.807) is 4.90 Å². The third-order valence-electron chi connectivity index (χ3n) is 3.23. The lowest BCUT2D eigenvalue weighted by Crippen LogP contribution is -2.28. The Morgan fingerprint density at radius 2 is 1.77 bits per heavy atom. The molecule has 0 bridgehead atoms. The molecule has 2 rings (SSSR count). The van der Waals surface area contributed by atoms with Crippen LogP contribution in [0.4, 0.5) is 4.79 Å². The number of carbonyl (C=O) groups is 1. The van der Waals surface area contributed by atoms with E-state index >= 15 is 0 Å². The van der Waals surface area contributed by atoms with Gasteiger partial charge in [0.05, 0.1) is 0 Å². The van der Waals surface area contributed by atoms with Crippen LogP contribution in [0.25, 0.3) is 0 Å². The van der Waals surface area contributed by atoms with Gasteiger partial charge in [0.1, 0.15) is 0 Å². The first-order chi connectivity index (χ1) is 6.27. The van der Waals surface area contributed by atoms with Crippen LogP contribution < -0.4 is 5.32 Å². The molecule has 2 heterocycles. The Labute approximate surface area is 77.9 Å². The first kappa shape index (κ1) is 8.81. The predicted octanol–water partition coefficient (Wildman–Crippen LogP) is 0.596. The Kier molecular flexibility index (Phi) is 2.40. The van der Waals surface area contributed by atoms with Crippen LogP contribution in [-0.2, 0) is 0 Å². The van der Waals surface area contributed by atoms with E-state index in [9.17, 15) is 4.79 Å². The van der Waals surface area contributed by atoms with Crippen molar-refractivity contribution < 1.29 is 9.90 Å². The van der Waals surface area contributed by atoms with E-state index in [1.165, 1.54) is 0 Å². The summed E-state index contributed by atoms with van der Waals surface area (Å²) in [6.45, 7) is 3.60. The van der Waals surface area contributed by atoms with Crippen molar-refractivity contribution in [1.82, 2.24) is 10.2 Å². The van der Waals surface area contributed by atoms with Crippen molar-refractivity contribution in [1.29, 1.82) is 0 Å². The summed E-state index contributed by atoms with van der Waals surface area (Å²) in [6, 6.07) is 0. The molecule has 1 amide bonds. The zero-order chi connectivity index (χ0) is 9.26. The lowest BCUT2D eigenvalue weighted by molar-refractivity contribution is 0.152. The zero-order valence-corrected chi connectivity index (χ0v) is 7.70. The SMILES string of the molecule is O=C(O)N1C[C@H]2CCNCC[C@H]2C1. The summed E-state index contributed by atoms with van der Waals surface area (Å²) in [7, 11) is 0. The fourth-order valence-electron chi connectivity index (χ4n) is 2.45. The van der Waals surface area contributed by atoms with E-state index in [1.807, 2.05) is 0 Å². The van der Waals surface area contributed by atoms with Crippen LogP contribution in [0.5, 0.6) is 0 Å². The summed E-state index contributed by atoms with van der Waals surface area (Å²) >= 11 is 0. The Bertz CT molecular complexity index is 194. The average molecular weight is 184 g/mol. The second-order valence-corrected chi connectivity index (χ2v) is 4.04. The number of nitrogens with zero attached hydrogens (tertiary/aromatic N) is 1. The summed E-state index contributed by atoms with van der Waals surface area (Å²) in [5.74, 6) is 1.21. The fourth-order valence-corrected chi connectivity index (χ4v) is 2.45. The van der Waals surface area contributed by atoms with Gasteiger partial charge in [-0.3, -0.25) is 0 Å². The highest BCUT2D eigenvalue weighted by molar-refractivity contribution is 5.65. The Balaban J connectivity index is 1.97. The van der Waals surface area contributed by atoms with Crippen molar-refractivity contribution in [2.75, 3.05) is 26.2 Å². The third-order valence-corrected chi connectivity index (χ3v) is 3.23. The molecule has 2 saturated heterocycles. The Hall–Kier alpha value is -0.770. The summed E-state index contributed by atoms with van der Waals surface area (Å²) in [4.78, 5) is 12.3. The average Bonchev–Trinajstić information content (AvgIpc) is 2.38. The Morgan fingerprint density at radius 3 is 2.23 bits per heavy atom. The van der Waals surface area contributed by atoms with Gasteiger partial charge in [-0.15, -0.1) is 0 Å². The largest absolute Gasteiger partial charge is 0.465 e. The molecule has 0 aliphatic carbocycles. The maximum atomic E-state index is 10.7. The smallest absolute Gasteiger partial charge is 0.407 e. The van der Waals surface area contributed by atoms with Gasteiger partial charge in [-0.1, -0.05) is 0 Å². The van der Waals surface area contributed by atoms with Crippen LogP contribution in [-0.4, -0.2) is 42.3 Å². The van der Waals surface area contributed by atoms with Crippen LogP contribution in [0.3, 0.4) is 0 Å². The van der Waals surface area contributed by atoms with Gasteiger partial charge < -0.3 is 15.3 Å². The van der Waals surface area contributed by atoms with Gasteiger partial charge in [-0.05, 0) is 37.8 Å². The minimum atomic E-state index is -0.749. The van der Waals surface area contributed by atoms with Gasteiger partial charge in [-0.25, -0.2) is 4.79 Å². The van der Waals surface area contributed by atoms with Crippen molar-refractivity contribution in [2.24, 2.45) is 11.8 Å². The van der Waals surface area contributed by atoms with E-state index in [4.69, 9.17) is 5.11 Å². The van der Waals surface area contributed by atoms with E-state index in [-0.39, 0.29) is 0 Å². The molecule has 13 heavy (non-hydrogen) atoms. The van der Waals surface area contributed by atoms with E-state index in [0.717, 1.165) is 39.0 Å². The molecule has 2 aliphatic rings. The monoisotopic (exact) mass is 184 g/mol. The minimum Gasteiger partial charge on any atom is -0.465 e. The highest BCUT2D eigenvalue weighted by Gasteiger charge is 2.35. The molecule has 2 atom stereocenters. The topological polar surface area (TPSA) is 52.6 Å². The van der Waals surface area contributed by atoms with Crippen LogP contribution in [0, 0.1) is 11.8 Å². The van der Waals surface area contributed by atoms with E-state index in [0.29, 0.717) is 11.8 Å². The number of carboxylic acid groups (broad SMARTS) is 1. The maximum absolute atomic E-state index is 10.7. The molecule has 0 radical (unpaired) electrons. The maximum Gasteiger partial charge on any atom is 0.407 e. The van der Waals surface area contributed by atoms with Crippen molar-refractivity contribution >= 4 is 6.09 Å². The molecule has 4 heteroatoms. The predicted molar refractivity (Wildman–Crippen MR) is 48.7 cm³/mol. The molecule has 74 valence electrons. The van der Waals surface area contributed by atoms with Crippen molar-refractivity contribution in [2.45, 2.75) is 12.8 Å². The molecule has 0 aromatic heterocycles. The minimum absolute atomic E-state index is 0.603. The molecule has 2 N–H and O–H groups in total. The van der Waals surface area contributed by atoms with Crippen molar-refractivity contribution in [3.05, 3.63) is 0 Å². The van der Waals surface area contributed by atoms with E-state index < -0.39 is 6.09 Å². The summed E-state index contributed by atoms with van der Waals surface area (Å²) in [6.07, 6.45) is 1.52. The zero-order valence-electron chi connectivity index (χ0n) is 7.70. The number of likely N-dealkylation sites (tertiary alicyclic amines) is 1. The van der Waals surface area contributed by atoms with Crippen molar-refractivity contribution in [3.8, 4) is 0 Å². The molecule has 2 fully saturated rings. The second kappa shape index (κ2) is 3.54. The van der Waals surface area contributed by atoms with Gasteiger partial charge in [0, 0.05) is 13.1 Å². The molecule has 4 nitrogen and oxygen atoms in total. The summed E-state index contributed by atoms with van der Waals surface area (Å²) < 4.78 is 0. The van der Waals surface area contributed by atoms with Crippen LogP contribution in [0.15, 0.2) is 0 Å². The Morgan fingerprint density at radius 1 is 1.23 bits per heavy atom.